The molecular formula is C23H33N3O4S. The van der Waals surface area contributed by atoms with Crippen LogP contribution < -0.4 is 10.2 Å². The lowest BCUT2D eigenvalue weighted by Gasteiger charge is -2.27. The quantitative estimate of drug-likeness (QED) is 0.726. The Hall–Kier alpha value is -1.93. The number of hydrogen-bond acceptors (Lipinski definition) is 4. The molecule has 1 heterocycles. The second kappa shape index (κ2) is 8.54. The Morgan fingerprint density at radius 3 is 2.42 bits per heavy atom. The van der Waals surface area contributed by atoms with Crippen molar-refractivity contribution in [2.24, 2.45) is 11.8 Å². The van der Waals surface area contributed by atoms with Crippen molar-refractivity contribution in [3.63, 3.8) is 0 Å². The zero-order valence-electron chi connectivity index (χ0n) is 18.6. The van der Waals surface area contributed by atoms with Crippen LogP contribution in [0, 0.1) is 11.8 Å². The molecule has 8 heteroatoms. The Bertz CT molecular complexity index is 965. The first-order chi connectivity index (χ1) is 14.7. The van der Waals surface area contributed by atoms with Gasteiger partial charge >= 0.3 is 0 Å². The molecule has 2 amide bonds. The highest BCUT2D eigenvalue weighted by atomic mass is 32.2. The van der Waals surface area contributed by atoms with Crippen LogP contribution in [0.15, 0.2) is 23.1 Å². The molecule has 1 N–H and O–H groups in total. The lowest BCUT2D eigenvalue weighted by Crippen LogP contribution is -2.43. The van der Waals surface area contributed by atoms with Gasteiger partial charge in [-0.25, -0.2) is 8.42 Å². The molecule has 0 aromatic heterocycles. The molecule has 3 aliphatic rings. The van der Waals surface area contributed by atoms with Gasteiger partial charge in [0.15, 0.2) is 0 Å². The molecule has 1 aliphatic heterocycles. The molecule has 2 aliphatic carbocycles. The van der Waals surface area contributed by atoms with Crippen LogP contribution in [0.4, 0.5) is 5.69 Å². The number of hydrogen-bond donors (Lipinski definition) is 1. The topological polar surface area (TPSA) is 86.8 Å². The summed E-state index contributed by atoms with van der Waals surface area (Å²) in [6, 6.07) is 5.12. The standard InChI is InChI=1S/C23H33N3O4S/c1-15-4-8-19(9-5-15)24-22(27)14-25(3)31(29,30)20-10-11-21-18(13-20)12-16(2)26(21)23(28)17-6-7-17/h10-11,13,15-17,19H,4-9,12,14H2,1-3H3,(H,24,27)/t15?,16-,19?/m0/s1. The molecule has 1 aromatic rings. The van der Waals surface area contributed by atoms with Gasteiger partial charge in [-0.3, -0.25) is 9.59 Å². The van der Waals surface area contributed by atoms with Gasteiger partial charge in [-0.05, 0) is 81.5 Å². The van der Waals surface area contributed by atoms with Crippen molar-refractivity contribution in [1.29, 1.82) is 0 Å². The molecule has 0 spiro atoms. The van der Waals surface area contributed by atoms with E-state index in [4.69, 9.17) is 0 Å². The van der Waals surface area contributed by atoms with Crippen LogP contribution in [0.5, 0.6) is 0 Å². The molecule has 1 aromatic carbocycles. The monoisotopic (exact) mass is 447 g/mol. The molecule has 0 saturated heterocycles. The number of rotatable bonds is 6. The fourth-order valence-electron chi connectivity index (χ4n) is 4.78. The van der Waals surface area contributed by atoms with Crippen LogP contribution in [-0.4, -0.2) is 50.2 Å². The first-order valence-corrected chi connectivity index (χ1v) is 12.8. The highest BCUT2D eigenvalue weighted by Crippen LogP contribution is 2.39. The minimum absolute atomic E-state index is 0.0303. The summed E-state index contributed by atoms with van der Waals surface area (Å²) in [6.45, 7) is 4.02. The van der Waals surface area contributed by atoms with E-state index in [1.54, 1.807) is 18.2 Å². The zero-order valence-corrected chi connectivity index (χ0v) is 19.5. The average Bonchev–Trinajstić information content (AvgIpc) is 3.51. The van der Waals surface area contributed by atoms with Gasteiger partial charge in [0, 0.05) is 30.7 Å². The summed E-state index contributed by atoms with van der Waals surface area (Å²) in [5.74, 6) is 0.692. The predicted octanol–water partition coefficient (Wildman–Crippen LogP) is 2.69. The third kappa shape index (κ3) is 4.65. The summed E-state index contributed by atoms with van der Waals surface area (Å²) in [6.07, 6.45) is 6.60. The van der Waals surface area contributed by atoms with Crippen LogP contribution in [0.1, 0.15) is 57.9 Å². The van der Waals surface area contributed by atoms with Crippen LogP contribution in [-0.2, 0) is 26.0 Å². The lowest BCUT2D eigenvalue weighted by molar-refractivity contribution is -0.122. The summed E-state index contributed by atoms with van der Waals surface area (Å²) in [7, 11) is -2.35. The molecule has 0 bridgehead atoms. The smallest absolute Gasteiger partial charge is 0.243 e. The maximum Gasteiger partial charge on any atom is 0.243 e. The number of fused-ring (bicyclic) bond motifs is 1. The molecule has 1 atom stereocenters. The molecule has 31 heavy (non-hydrogen) atoms. The number of sulfonamides is 1. The highest BCUT2D eigenvalue weighted by Gasteiger charge is 2.40. The van der Waals surface area contributed by atoms with Gasteiger partial charge in [0.25, 0.3) is 0 Å². The number of amides is 2. The molecular weight excluding hydrogens is 414 g/mol. The number of nitrogens with zero attached hydrogens (tertiary/aromatic N) is 2. The summed E-state index contributed by atoms with van der Waals surface area (Å²) in [4.78, 5) is 27.1. The van der Waals surface area contributed by atoms with Gasteiger partial charge in [0.2, 0.25) is 21.8 Å². The molecule has 2 saturated carbocycles. The first kappa shape index (κ1) is 22.3. The summed E-state index contributed by atoms with van der Waals surface area (Å²) in [5.41, 5.74) is 1.69. The molecule has 2 fully saturated rings. The van der Waals surface area contributed by atoms with E-state index in [9.17, 15) is 18.0 Å². The second-order valence-electron chi connectivity index (χ2n) is 9.61. The van der Waals surface area contributed by atoms with Crippen LogP contribution in [0.25, 0.3) is 0 Å². The SMILES string of the molecule is CC1CCC(NC(=O)CN(C)S(=O)(=O)c2ccc3c(c2)C[C@H](C)N3C(=O)C2CC2)CC1. The largest absolute Gasteiger partial charge is 0.352 e. The number of carbonyl (C=O) groups is 2. The Morgan fingerprint density at radius 1 is 1.10 bits per heavy atom. The van der Waals surface area contributed by atoms with E-state index in [0.29, 0.717) is 12.3 Å². The molecule has 7 nitrogen and oxygen atoms in total. The minimum Gasteiger partial charge on any atom is -0.352 e. The van der Waals surface area contributed by atoms with E-state index >= 15 is 0 Å². The van der Waals surface area contributed by atoms with Gasteiger partial charge in [0.1, 0.15) is 0 Å². The Kier molecular flexibility index (Phi) is 6.14. The number of carbonyl (C=O) groups excluding carboxylic acids is 2. The minimum atomic E-state index is -3.80. The predicted molar refractivity (Wildman–Crippen MR) is 119 cm³/mol. The lowest BCUT2D eigenvalue weighted by atomic mass is 9.87. The second-order valence-corrected chi connectivity index (χ2v) is 11.7. The summed E-state index contributed by atoms with van der Waals surface area (Å²) < 4.78 is 27.3. The maximum absolute atomic E-state index is 13.1. The van der Waals surface area contributed by atoms with Crippen LogP contribution >= 0.6 is 0 Å². The van der Waals surface area contributed by atoms with E-state index in [1.165, 1.54) is 7.05 Å². The van der Waals surface area contributed by atoms with Gasteiger partial charge in [-0.1, -0.05) is 6.92 Å². The molecule has 170 valence electrons. The Morgan fingerprint density at radius 2 is 1.77 bits per heavy atom. The van der Waals surface area contributed by atoms with Crippen molar-refractivity contribution >= 4 is 27.5 Å². The third-order valence-electron chi connectivity index (χ3n) is 6.89. The van der Waals surface area contributed by atoms with E-state index in [1.807, 2.05) is 11.8 Å². The Balaban J connectivity index is 1.43. The fraction of sp³-hybridized carbons (Fsp3) is 0.652. The summed E-state index contributed by atoms with van der Waals surface area (Å²) >= 11 is 0. The van der Waals surface area contributed by atoms with Crippen molar-refractivity contribution < 1.29 is 18.0 Å². The molecule has 0 radical (unpaired) electrons. The van der Waals surface area contributed by atoms with Crippen molar-refractivity contribution in [1.82, 2.24) is 9.62 Å². The van der Waals surface area contributed by atoms with Crippen molar-refractivity contribution in [3.05, 3.63) is 23.8 Å². The van der Waals surface area contributed by atoms with Gasteiger partial charge in [-0.2, -0.15) is 4.31 Å². The van der Waals surface area contributed by atoms with Crippen molar-refractivity contribution in [2.45, 2.75) is 75.8 Å². The number of nitrogens with one attached hydrogen (secondary N) is 1. The normalized spacial score (nSPS) is 26.1. The maximum atomic E-state index is 13.1. The zero-order chi connectivity index (χ0) is 22.3. The van der Waals surface area contributed by atoms with E-state index in [-0.39, 0.29) is 41.3 Å². The van der Waals surface area contributed by atoms with Gasteiger partial charge in [0.05, 0.1) is 11.4 Å². The van der Waals surface area contributed by atoms with Crippen molar-refractivity contribution in [3.8, 4) is 0 Å². The number of likely N-dealkylation sites (N-methyl/N-ethyl adjacent to an activating group) is 1. The van der Waals surface area contributed by atoms with Crippen molar-refractivity contribution in [2.75, 3.05) is 18.5 Å². The third-order valence-corrected chi connectivity index (χ3v) is 8.69. The first-order valence-electron chi connectivity index (χ1n) is 11.4. The highest BCUT2D eigenvalue weighted by molar-refractivity contribution is 7.89. The molecule has 4 rings (SSSR count). The molecule has 0 unspecified atom stereocenters. The number of anilines is 1. The average molecular weight is 448 g/mol. The van der Waals surface area contributed by atoms with Gasteiger partial charge < -0.3 is 10.2 Å². The number of benzene rings is 1. The fourth-order valence-corrected chi connectivity index (χ4v) is 5.95. The van der Waals surface area contributed by atoms with Gasteiger partial charge in [-0.15, -0.1) is 0 Å². The Labute approximate surface area is 185 Å². The van der Waals surface area contributed by atoms with Crippen LogP contribution in [0.3, 0.4) is 0 Å². The summed E-state index contributed by atoms with van der Waals surface area (Å²) in [5, 5.41) is 2.99. The van der Waals surface area contributed by atoms with E-state index in [0.717, 1.165) is 54.1 Å². The van der Waals surface area contributed by atoms with Crippen LogP contribution in [0.2, 0.25) is 0 Å². The van der Waals surface area contributed by atoms with E-state index < -0.39 is 10.0 Å². The van der Waals surface area contributed by atoms with E-state index in [2.05, 4.69) is 12.2 Å².